The van der Waals surface area contributed by atoms with E-state index in [4.69, 9.17) is 0 Å². The minimum absolute atomic E-state index is 0.919. The SMILES string of the molecule is C1=CN2CCCC3CCCC(=C32)C1. The van der Waals surface area contributed by atoms with Crippen LogP contribution >= 0.6 is 0 Å². The third-order valence-corrected chi connectivity index (χ3v) is 3.69. The van der Waals surface area contributed by atoms with Gasteiger partial charge in [-0.3, -0.25) is 0 Å². The molecular formula is C12H17N. The number of allylic oxidation sites excluding steroid dienone is 3. The largest absolute Gasteiger partial charge is 0.351 e. The Balaban J connectivity index is 2.00. The van der Waals surface area contributed by atoms with Crippen LogP contribution in [-0.2, 0) is 0 Å². The molecule has 13 heavy (non-hydrogen) atoms. The number of hydrogen-bond acceptors (Lipinski definition) is 1. The van der Waals surface area contributed by atoms with Crippen molar-refractivity contribution < 1.29 is 0 Å². The van der Waals surface area contributed by atoms with Gasteiger partial charge in [0.1, 0.15) is 0 Å². The fourth-order valence-corrected chi connectivity index (χ4v) is 3.15. The number of rotatable bonds is 0. The maximum Gasteiger partial charge on any atom is 0.0222 e. The molecule has 0 amide bonds. The maximum atomic E-state index is 2.52. The lowest BCUT2D eigenvalue weighted by Gasteiger charge is -2.41. The van der Waals surface area contributed by atoms with Crippen LogP contribution in [0.3, 0.4) is 0 Å². The summed E-state index contributed by atoms with van der Waals surface area (Å²) in [5, 5.41) is 0. The van der Waals surface area contributed by atoms with Crippen LogP contribution in [0.1, 0.15) is 38.5 Å². The molecule has 3 aliphatic rings. The molecule has 0 spiro atoms. The van der Waals surface area contributed by atoms with E-state index in [1.165, 1.54) is 45.1 Å². The van der Waals surface area contributed by atoms with Gasteiger partial charge >= 0.3 is 0 Å². The fraction of sp³-hybridized carbons (Fsp3) is 0.667. The zero-order chi connectivity index (χ0) is 8.67. The molecular weight excluding hydrogens is 158 g/mol. The quantitative estimate of drug-likeness (QED) is 0.547. The van der Waals surface area contributed by atoms with E-state index >= 15 is 0 Å². The molecule has 1 nitrogen and oxygen atoms in total. The molecule has 0 bridgehead atoms. The third kappa shape index (κ3) is 1.13. The van der Waals surface area contributed by atoms with Crippen molar-refractivity contribution in [3.8, 4) is 0 Å². The second-order valence-corrected chi connectivity index (χ2v) is 4.50. The monoisotopic (exact) mass is 175 g/mol. The number of piperidine rings is 1. The maximum absolute atomic E-state index is 2.52. The number of hydrogen-bond donors (Lipinski definition) is 0. The van der Waals surface area contributed by atoms with Crippen molar-refractivity contribution in [1.29, 1.82) is 0 Å². The van der Waals surface area contributed by atoms with Gasteiger partial charge in [0, 0.05) is 18.4 Å². The molecule has 0 aromatic heterocycles. The molecule has 2 heterocycles. The Morgan fingerprint density at radius 3 is 3.15 bits per heavy atom. The van der Waals surface area contributed by atoms with Gasteiger partial charge in [-0.1, -0.05) is 6.08 Å². The molecule has 1 heteroatoms. The summed E-state index contributed by atoms with van der Waals surface area (Å²) in [5.74, 6) is 0.919. The van der Waals surface area contributed by atoms with E-state index < -0.39 is 0 Å². The molecule has 0 aromatic rings. The van der Waals surface area contributed by atoms with Crippen LogP contribution in [0, 0.1) is 5.92 Å². The minimum atomic E-state index is 0.919. The van der Waals surface area contributed by atoms with Crippen molar-refractivity contribution in [3.63, 3.8) is 0 Å². The van der Waals surface area contributed by atoms with E-state index in [1.807, 2.05) is 0 Å². The molecule has 0 aromatic carbocycles. The highest BCUT2D eigenvalue weighted by Crippen LogP contribution is 2.41. The molecule has 0 N–H and O–H groups in total. The van der Waals surface area contributed by atoms with Crippen molar-refractivity contribution in [2.24, 2.45) is 5.92 Å². The molecule has 2 aliphatic heterocycles. The summed E-state index contributed by atoms with van der Waals surface area (Å²) in [5.41, 5.74) is 3.47. The lowest BCUT2D eigenvalue weighted by molar-refractivity contribution is 0.267. The molecule has 3 rings (SSSR count). The van der Waals surface area contributed by atoms with Crippen molar-refractivity contribution >= 4 is 0 Å². The van der Waals surface area contributed by atoms with Crippen LogP contribution in [0.15, 0.2) is 23.5 Å². The zero-order valence-electron chi connectivity index (χ0n) is 8.13. The fourth-order valence-electron chi connectivity index (χ4n) is 3.15. The van der Waals surface area contributed by atoms with Gasteiger partial charge in [-0.15, -0.1) is 0 Å². The lowest BCUT2D eigenvalue weighted by atomic mass is 9.79. The normalized spacial score (nSPS) is 32.0. The Morgan fingerprint density at radius 2 is 2.15 bits per heavy atom. The molecule has 1 aliphatic carbocycles. The predicted molar refractivity (Wildman–Crippen MR) is 54.1 cm³/mol. The highest BCUT2D eigenvalue weighted by molar-refractivity contribution is 5.27. The molecule has 0 saturated carbocycles. The first-order valence-corrected chi connectivity index (χ1v) is 5.60. The first kappa shape index (κ1) is 7.66. The van der Waals surface area contributed by atoms with Crippen molar-refractivity contribution in [1.82, 2.24) is 4.90 Å². The summed E-state index contributed by atoms with van der Waals surface area (Å²) >= 11 is 0. The Hall–Kier alpha value is -0.720. The summed E-state index contributed by atoms with van der Waals surface area (Å²) in [4.78, 5) is 2.52. The third-order valence-electron chi connectivity index (χ3n) is 3.69. The van der Waals surface area contributed by atoms with Gasteiger partial charge in [-0.05, 0) is 50.0 Å². The van der Waals surface area contributed by atoms with Gasteiger partial charge in [0.25, 0.3) is 0 Å². The van der Waals surface area contributed by atoms with E-state index in [1.54, 1.807) is 11.3 Å². The molecule has 1 fully saturated rings. The Bertz CT molecular complexity index is 275. The Kier molecular flexibility index (Phi) is 1.71. The van der Waals surface area contributed by atoms with Gasteiger partial charge in [-0.2, -0.15) is 0 Å². The topological polar surface area (TPSA) is 3.24 Å². The Labute approximate surface area is 80.1 Å². The van der Waals surface area contributed by atoms with E-state index in [9.17, 15) is 0 Å². The summed E-state index contributed by atoms with van der Waals surface area (Å²) < 4.78 is 0. The van der Waals surface area contributed by atoms with Crippen molar-refractivity contribution in [2.45, 2.75) is 38.5 Å². The summed E-state index contributed by atoms with van der Waals surface area (Å²) in [7, 11) is 0. The van der Waals surface area contributed by atoms with Crippen LogP contribution in [0.2, 0.25) is 0 Å². The molecule has 1 saturated heterocycles. The average molecular weight is 175 g/mol. The van der Waals surface area contributed by atoms with Crippen LogP contribution in [0.5, 0.6) is 0 Å². The predicted octanol–water partition coefficient (Wildman–Crippen LogP) is 3.05. The van der Waals surface area contributed by atoms with E-state index in [0.717, 1.165) is 5.92 Å². The lowest BCUT2D eigenvalue weighted by Crippen LogP contribution is -2.33. The Morgan fingerprint density at radius 1 is 1.23 bits per heavy atom. The summed E-state index contributed by atoms with van der Waals surface area (Å²) in [6, 6.07) is 0. The van der Waals surface area contributed by atoms with Crippen LogP contribution in [0.4, 0.5) is 0 Å². The van der Waals surface area contributed by atoms with E-state index in [-0.39, 0.29) is 0 Å². The average Bonchev–Trinajstić information content (AvgIpc) is 2.19. The van der Waals surface area contributed by atoms with Gasteiger partial charge in [0.05, 0.1) is 0 Å². The molecule has 70 valence electrons. The van der Waals surface area contributed by atoms with Crippen LogP contribution in [-0.4, -0.2) is 11.4 Å². The van der Waals surface area contributed by atoms with Crippen molar-refractivity contribution in [2.75, 3.05) is 6.54 Å². The second kappa shape index (κ2) is 2.90. The first-order chi connectivity index (χ1) is 6.45. The smallest absolute Gasteiger partial charge is 0.0222 e. The molecule has 1 atom stereocenters. The van der Waals surface area contributed by atoms with Gasteiger partial charge in [0.15, 0.2) is 0 Å². The van der Waals surface area contributed by atoms with Crippen LogP contribution in [0.25, 0.3) is 0 Å². The van der Waals surface area contributed by atoms with E-state index in [2.05, 4.69) is 17.2 Å². The zero-order valence-corrected chi connectivity index (χ0v) is 8.13. The first-order valence-electron chi connectivity index (χ1n) is 5.60. The van der Waals surface area contributed by atoms with Gasteiger partial charge in [-0.25, -0.2) is 0 Å². The van der Waals surface area contributed by atoms with E-state index in [0.29, 0.717) is 0 Å². The standard InChI is InChI=1S/C12H17N/c1-4-10-6-2-8-13-9-3-7-11(5-1)12(10)13/h2,8,11H,1,3-7,9H2. The second-order valence-electron chi connectivity index (χ2n) is 4.50. The highest BCUT2D eigenvalue weighted by Gasteiger charge is 2.30. The van der Waals surface area contributed by atoms with Crippen molar-refractivity contribution in [3.05, 3.63) is 23.5 Å². The van der Waals surface area contributed by atoms with Gasteiger partial charge in [0.2, 0.25) is 0 Å². The molecule has 1 unspecified atom stereocenters. The number of nitrogens with zero attached hydrogens (tertiary/aromatic N) is 1. The van der Waals surface area contributed by atoms with Crippen LogP contribution < -0.4 is 0 Å². The molecule has 0 radical (unpaired) electrons. The highest BCUT2D eigenvalue weighted by atomic mass is 15.1. The van der Waals surface area contributed by atoms with Gasteiger partial charge < -0.3 is 4.90 Å². The minimum Gasteiger partial charge on any atom is -0.351 e. The summed E-state index contributed by atoms with van der Waals surface area (Å²) in [6.07, 6.45) is 13.0. The summed E-state index contributed by atoms with van der Waals surface area (Å²) in [6.45, 7) is 1.27.